The van der Waals surface area contributed by atoms with E-state index in [4.69, 9.17) is 14.2 Å². The molecule has 1 aromatic carbocycles. The zero-order valence-electron chi connectivity index (χ0n) is 11.6. The molecule has 0 amide bonds. The second kappa shape index (κ2) is 6.86. The number of carbonyl (C=O) groups excluding carboxylic acids is 1. The molecule has 4 nitrogen and oxygen atoms in total. The molecule has 4 atom stereocenters. The Kier molecular flexibility index (Phi) is 5.14. The summed E-state index contributed by atoms with van der Waals surface area (Å²) in [5, 5.41) is 0. The number of hydrogen-bond donors (Lipinski definition) is 0. The van der Waals surface area contributed by atoms with E-state index < -0.39 is 24.3 Å². The Bertz CT molecular complexity index is 442. The third-order valence-electron chi connectivity index (χ3n) is 3.48. The maximum Gasteiger partial charge on any atom is 0.338 e. The van der Waals surface area contributed by atoms with Gasteiger partial charge in [0.05, 0.1) is 11.7 Å². The van der Waals surface area contributed by atoms with Crippen molar-refractivity contribution in [1.82, 2.24) is 0 Å². The van der Waals surface area contributed by atoms with Crippen molar-refractivity contribution in [3.8, 4) is 0 Å². The maximum absolute atomic E-state index is 14.1. The molecule has 1 aliphatic rings. The van der Waals surface area contributed by atoms with Gasteiger partial charge < -0.3 is 14.2 Å². The summed E-state index contributed by atoms with van der Waals surface area (Å²) < 4.78 is 29.7. The smallest absolute Gasteiger partial charge is 0.338 e. The van der Waals surface area contributed by atoms with E-state index in [2.05, 4.69) is 0 Å². The van der Waals surface area contributed by atoms with Gasteiger partial charge in [-0.15, -0.1) is 0 Å². The first-order chi connectivity index (χ1) is 9.63. The predicted octanol–water partition coefficient (Wildman–Crippen LogP) is 1.36. The zero-order valence-corrected chi connectivity index (χ0v) is 11.6. The number of halogens is 1. The standard InChI is InChI=1S/C14H18BFO4/c1-18-8-19-11-7-10(15)12(16)13(11)20-14(17)9-5-3-2-4-6-9/h2-6,10-13H,7-8,15H2,1H3. The summed E-state index contributed by atoms with van der Waals surface area (Å²) in [6, 6.07) is 8.55. The minimum absolute atomic E-state index is 0.0590. The van der Waals surface area contributed by atoms with E-state index in [0.29, 0.717) is 12.0 Å². The third-order valence-corrected chi connectivity index (χ3v) is 3.48. The average molecular weight is 280 g/mol. The normalized spacial score (nSPS) is 29.3. The van der Waals surface area contributed by atoms with Crippen molar-refractivity contribution in [3.63, 3.8) is 0 Å². The quantitative estimate of drug-likeness (QED) is 0.464. The van der Waals surface area contributed by atoms with Crippen molar-refractivity contribution < 1.29 is 23.4 Å². The van der Waals surface area contributed by atoms with E-state index in [1.165, 1.54) is 7.11 Å². The molecule has 1 fully saturated rings. The highest BCUT2D eigenvalue weighted by Crippen LogP contribution is 2.35. The van der Waals surface area contributed by atoms with Crippen LogP contribution in [0.2, 0.25) is 5.82 Å². The zero-order chi connectivity index (χ0) is 14.5. The van der Waals surface area contributed by atoms with Crippen LogP contribution in [0.15, 0.2) is 30.3 Å². The van der Waals surface area contributed by atoms with E-state index in [1.54, 1.807) is 38.2 Å². The topological polar surface area (TPSA) is 44.8 Å². The van der Waals surface area contributed by atoms with Crippen molar-refractivity contribution >= 4 is 13.8 Å². The van der Waals surface area contributed by atoms with Crippen LogP contribution in [0.25, 0.3) is 0 Å². The SMILES string of the molecule is BC1CC(OCOC)C(OC(=O)c2ccccc2)C1F. The van der Waals surface area contributed by atoms with Crippen LogP contribution in [0, 0.1) is 0 Å². The fourth-order valence-corrected chi connectivity index (χ4v) is 2.38. The van der Waals surface area contributed by atoms with Gasteiger partial charge in [-0.05, 0) is 24.4 Å². The average Bonchev–Trinajstić information content (AvgIpc) is 2.73. The fraction of sp³-hybridized carbons (Fsp3) is 0.500. The number of rotatable bonds is 5. The number of hydrogen-bond acceptors (Lipinski definition) is 4. The number of ether oxygens (including phenoxy) is 3. The monoisotopic (exact) mass is 280 g/mol. The van der Waals surface area contributed by atoms with Gasteiger partial charge >= 0.3 is 5.97 Å². The highest BCUT2D eigenvalue weighted by Gasteiger charge is 2.45. The summed E-state index contributed by atoms with van der Waals surface area (Å²) in [5.74, 6) is -0.733. The molecule has 4 unspecified atom stereocenters. The Morgan fingerprint density at radius 2 is 2.10 bits per heavy atom. The molecule has 0 saturated heterocycles. The highest BCUT2D eigenvalue weighted by molar-refractivity contribution is 6.12. The lowest BCUT2D eigenvalue weighted by Gasteiger charge is -2.21. The van der Waals surface area contributed by atoms with Gasteiger partial charge in [0.15, 0.2) is 6.10 Å². The van der Waals surface area contributed by atoms with Crippen molar-refractivity contribution in [2.75, 3.05) is 13.9 Å². The van der Waals surface area contributed by atoms with E-state index >= 15 is 0 Å². The first-order valence-corrected chi connectivity index (χ1v) is 6.64. The van der Waals surface area contributed by atoms with Gasteiger partial charge in [0, 0.05) is 7.11 Å². The number of benzene rings is 1. The van der Waals surface area contributed by atoms with Gasteiger partial charge in [-0.25, -0.2) is 9.18 Å². The number of esters is 1. The van der Waals surface area contributed by atoms with Gasteiger partial charge in [0.2, 0.25) is 0 Å². The summed E-state index contributed by atoms with van der Waals surface area (Å²) in [6.45, 7) is 0.0590. The molecule has 1 saturated carbocycles. The Hall–Kier alpha value is -1.40. The van der Waals surface area contributed by atoms with Gasteiger partial charge in [-0.2, -0.15) is 0 Å². The molecule has 0 heterocycles. The van der Waals surface area contributed by atoms with E-state index in [9.17, 15) is 9.18 Å². The van der Waals surface area contributed by atoms with Crippen molar-refractivity contribution in [2.45, 2.75) is 30.6 Å². The molecule has 1 aromatic rings. The lowest BCUT2D eigenvalue weighted by molar-refractivity contribution is -0.112. The molecule has 20 heavy (non-hydrogen) atoms. The Morgan fingerprint density at radius 1 is 1.40 bits per heavy atom. The second-order valence-electron chi connectivity index (χ2n) is 5.01. The molecule has 6 heteroatoms. The van der Waals surface area contributed by atoms with Gasteiger partial charge in [-0.3, -0.25) is 0 Å². The van der Waals surface area contributed by atoms with Crippen LogP contribution in [0.5, 0.6) is 0 Å². The predicted molar refractivity (Wildman–Crippen MR) is 74.2 cm³/mol. The fourth-order valence-electron chi connectivity index (χ4n) is 2.38. The summed E-state index contributed by atoms with van der Waals surface area (Å²) in [5.41, 5.74) is 0.407. The number of carbonyl (C=O) groups is 1. The summed E-state index contributed by atoms with van der Waals surface area (Å²) in [4.78, 5) is 12.0. The van der Waals surface area contributed by atoms with Crippen molar-refractivity contribution in [3.05, 3.63) is 35.9 Å². The molecule has 0 bridgehead atoms. The molecule has 0 radical (unpaired) electrons. The van der Waals surface area contributed by atoms with Crippen LogP contribution in [0.1, 0.15) is 16.8 Å². The lowest BCUT2D eigenvalue weighted by Crippen LogP contribution is -2.35. The Labute approximate surface area is 118 Å². The van der Waals surface area contributed by atoms with Gasteiger partial charge in [-0.1, -0.05) is 18.2 Å². The van der Waals surface area contributed by atoms with E-state index in [-0.39, 0.29) is 12.6 Å². The van der Waals surface area contributed by atoms with Crippen LogP contribution in [-0.2, 0) is 14.2 Å². The molecule has 0 aromatic heterocycles. The molecule has 0 spiro atoms. The maximum atomic E-state index is 14.1. The van der Waals surface area contributed by atoms with Crippen molar-refractivity contribution in [1.29, 1.82) is 0 Å². The van der Waals surface area contributed by atoms with Crippen LogP contribution >= 0.6 is 0 Å². The van der Waals surface area contributed by atoms with Gasteiger partial charge in [0.25, 0.3) is 0 Å². The highest BCUT2D eigenvalue weighted by atomic mass is 19.1. The Morgan fingerprint density at radius 3 is 2.75 bits per heavy atom. The van der Waals surface area contributed by atoms with E-state index in [1.807, 2.05) is 0 Å². The summed E-state index contributed by atoms with van der Waals surface area (Å²) >= 11 is 0. The van der Waals surface area contributed by atoms with Crippen molar-refractivity contribution in [2.24, 2.45) is 0 Å². The molecule has 0 N–H and O–H groups in total. The summed E-state index contributed by atoms with van der Waals surface area (Å²) in [6.07, 6.45) is -2.05. The van der Waals surface area contributed by atoms with Gasteiger partial charge in [0.1, 0.15) is 20.8 Å². The van der Waals surface area contributed by atoms with Crippen LogP contribution in [-0.4, -0.2) is 46.1 Å². The number of alkyl halides is 1. The minimum Gasteiger partial charge on any atom is -0.453 e. The van der Waals surface area contributed by atoms with Crippen LogP contribution in [0.3, 0.4) is 0 Å². The largest absolute Gasteiger partial charge is 0.453 e. The van der Waals surface area contributed by atoms with Crippen LogP contribution in [0.4, 0.5) is 4.39 Å². The molecular weight excluding hydrogens is 262 g/mol. The summed E-state index contributed by atoms with van der Waals surface area (Å²) in [7, 11) is 3.28. The van der Waals surface area contributed by atoms with E-state index in [0.717, 1.165) is 0 Å². The number of methoxy groups -OCH3 is 1. The molecule has 2 rings (SSSR count). The van der Waals surface area contributed by atoms with Crippen LogP contribution < -0.4 is 0 Å². The minimum atomic E-state index is -1.22. The second-order valence-corrected chi connectivity index (χ2v) is 5.01. The molecular formula is C14H18BFO4. The molecule has 1 aliphatic carbocycles. The molecule has 108 valence electrons. The first-order valence-electron chi connectivity index (χ1n) is 6.64. The molecule has 0 aliphatic heterocycles. The Balaban J connectivity index is 2.03. The third kappa shape index (κ3) is 3.38. The lowest BCUT2D eigenvalue weighted by atomic mass is 9.85. The first kappa shape index (κ1) is 15.0.